The van der Waals surface area contributed by atoms with Gasteiger partial charge in [0.15, 0.2) is 0 Å². The molecule has 0 heterocycles. The van der Waals surface area contributed by atoms with Crippen molar-refractivity contribution in [3.63, 3.8) is 0 Å². The number of esters is 1. The van der Waals surface area contributed by atoms with Crippen molar-refractivity contribution >= 4 is 17.3 Å². The van der Waals surface area contributed by atoms with E-state index in [-0.39, 0.29) is 16.8 Å². The van der Waals surface area contributed by atoms with Gasteiger partial charge in [-0.3, -0.25) is 4.79 Å². The third-order valence-corrected chi connectivity index (χ3v) is 8.23. The smallest absolute Gasteiger partial charge is 0.312 e. The van der Waals surface area contributed by atoms with Crippen LogP contribution in [0, 0.1) is 11.3 Å². The van der Waals surface area contributed by atoms with Crippen LogP contribution < -0.4 is 4.72 Å². The summed E-state index contributed by atoms with van der Waals surface area (Å²) in [6.45, 7) is 10.5. The maximum Gasteiger partial charge on any atom is 0.312 e. The molecule has 1 fully saturated rings. The standard InChI is InChI=1S/C26H43NO3S/c1-21(27-31(29)25(2,3)4)23-17-13-8-6-7-9-14-18-26(5,19-23)24(28)30-20-22-15-11-10-12-16-22/h10-12,15-16,21,23,27H,6-9,13-14,17-20H2,1-5H3/t21-,23?,26?,31?/m1/s1. The Bertz CT molecular complexity index is 660. The van der Waals surface area contributed by atoms with E-state index in [1.165, 1.54) is 25.7 Å². The van der Waals surface area contributed by atoms with Gasteiger partial charge in [0.25, 0.3) is 0 Å². The van der Waals surface area contributed by atoms with E-state index < -0.39 is 16.8 Å². The van der Waals surface area contributed by atoms with Gasteiger partial charge in [0.05, 0.1) is 11.5 Å². The van der Waals surface area contributed by atoms with Crippen molar-refractivity contribution in [1.29, 1.82) is 0 Å². The van der Waals surface area contributed by atoms with Crippen molar-refractivity contribution < 1.29 is 14.1 Å². The molecule has 0 spiro atoms. The van der Waals surface area contributed by atoms with E-state index >= 15 is 0 Å². The Morgan fingerprint density at radius 2 is 1.77 bits per heavy atom. The highest BCUT2D eigenvalue weighted by atomic mass is 32.2. The molecule has 0 aliphatic heterocycles. The first-order valence-corrected chi connectivity index (χ1v) is 13.2. The summed E-state index contributed by atoms with van der Waals surface area (Å²) in [5.41, 5.74) is 0.506. The fourth-order valence-corrected chi connectivity index (χ4v) is 5.25. The zero-order chi connectivity index (χ0) is 22.9. The van der Waals surface area contributed by atoms with Gasteiger partial charge < -0.3 is 9.29 Å². The zero-order valence-electron chi connectivity index (χ0n) is 20.2. The molecule has 1 aromatic carbocycles. The van der Waals surface area contributed by atoms with Gasteiger partial charge in [-0.1, -0.05) is 68.9 Å². The average molecular weight is 450 g/mol. The van der Waals surface area contributed by atoms with Crippen LogP contribution in [0.3, 0.4) is 0 Å². The highest BCUT2D eigenvalue weighted by Gasteiger charge is 2.40. The Morgan fingerprint density at radius 1 is 1.16 bits per heavy atom. The summed E-state index contributed by atoms with van der Waals surface area (Å²) in [4.78, 5) is 13.3. The Kier molecular flexibility index (Phi) is 10.4. The Hall–Kier alpha value is -1.04. The van der Waals surface area contributed by atoms with Gasteiger partial charge in [-0.25, -0.2) is 0 Å². The molecule has 0 radical (unpaired) electrons. The lowest BCUT2D eigenvalue weighted by Crippen LogP contribution is -2.47. The van der Waals surface area contributed by atoms with Gasteiger partial charge in [-0.15, -0.1) is 4.72 Å². The maximum absolute atomic E-state index is 13.3. The van der Waals surface area contributed by atoms with Crippen molar-refractivity contribution in [1.82, 2.24) is 4.72 Å². The van der Waals surface area contributed by atoms with Crippen LogP contribution in [-0.2, 0) is 27.5 Å². The van der Waals surface area contributed by atoms with Crippen LogP contribution in [0.15, 0.2) is 30.3 Å². The van der Waals surface area contributed by atoms with E-state index in [0.717, 1.165) is 37.7 Å². The second-order valence-electron chi connectivity index (χ2n) is 10.5. The molecule has 4 nitrogen and oxygen atoms in total. The first kappa shape index (κ1) is 26.2. The monoisotopic (exact) mass is 449 g/mol. The highest BCUT2D eigenvalue weighted by Crippen LogP contribution is 2.38. The number of rotatable bonds is 6. The number of nitrogens with one attached hydrogen (secondary N) is 1. The Labute approximate surface area is 193 Å². The van der Waals surface area contributed by atoms with Crippen LogP contribution >= 0.6 is 0 Å². The van der Waals surface area contributed by atoms with Gasteiger partial charge in [0, 0.05) is 11.4 Å². The van der Waals surface area contributed by atoms with Crippen LogP contribution in [-0.4, -0.2) is 21.3 Å². The molecule has 0 saturated heterocycles. The van der Waals surface area contributed by atoms with Crippen molar-refractivity contribution in [2.45, 2.75) is 110 Å². The van der Waals surface area contributed by atoms with Crippen molar-refractivity contribution in [3.8, 4) is 0 Å². The second kappa shape index (κ2) is 12.3. The number of ether oxygens (including phenoxy) is 1. The lowest BCUT2D eigenvalue weighted by Gasteiger charge is -2.35. The summed E-state index contributed by atoms with van der Waals surface area (Å²) < 4.78 is 21.6. The molecule has 3 unspecified atom stereocenters. The first-order valence-electron chi connectivity index (χ1n) is 12.0. The second-order valence-corrected chi connectivity index (χ2v) is 12.5. The number of hydrogen-bond acceptors (Lipinski definition) is 4. The quantitative estimate of drug-likeness (QED) is 0.408. The Morgan fingerprint density at radius 3 is 2.42 bits per heavy atom. The van der Waals surface area contributed by atoms with E-state index in [9.17, 15) is 9.35 Å². The molecule has 0 amide bonds. The van der Waals surface area contributed by atoms with E-state index in [1.807, 2.05) is 51.1 Å². The molecule has 5 heteroatoms. The summed E-state index contributed by atoms with van der Waals surface area (Å²) >= 11 is -1.12. The fraction of sp³-hybridized carbons (Fsp3) is 0.731. The largest absolute Gasteiger partial charge is 0.598 e. The van der Waals surface area contributed by atoms with Crippen molar-refractivity contribution in [2.24, 2.45) is 11.3 Å². The third-order valence-electron chi connectivity index (χ3n) is 6.53. The third kappa shape index (κ3) is 8.78. The van der Waals surface area contributed by atoms with E-state index in [1.54, 1.807) is 0 Å². The number of carbonyl (C=O) groups excluding carboxylic acids is 1. The van der Waals surface area contributed by atoms with Crippen LogP contribution in [0.25, 0.3) is 0 Å². The normalized spacial score (nSPS) is 25.8. The topological polar surface area (TPSA) is 61.4 Å². The van der Waals surface area contributed by atoms with Crippen LogP contribution in [0.2, 0.25) is 0 Å². The van der Waals surface area contributed by atoms with E-state index in [0.29, 0.717) is 12.5 Å². The van der Waals surface area contributed by atoms with Gasteiger partial charge in [-0.2, -0.15) is 0 Å². The minimum absolute atomic E-state index is 0.0852. The molecule has 31 heavy (non-hydrogen) atoms. The van der Waals surface area contributed by atoms with Gasteiger partial charge in [-0.05, 0) is 65.4 Å². The molecule has 0 bridgehead atoms. The van der Waals surface area contributed by atoms with Crippen LogP contribution in [0.1, 0.15) is 98.0 Å². The molecular weight excluding hydrogens is 406 g/mol. The fourth-order valence-electron chi connectivity index (χ4n) is 4.36. The number of benzene rings is 1. The first-order chi connectivity index (χ1) is 14.6. The molecule has 1 N–H and O–H groups in total. The molecule has 1 saturated carbocycles. The highest BCUT2D eigenvalue weighted by molar-refractivity contribution is 7.90. The molecule has 2 rings (SSSR count). The minimum Gasteiger partial charge on any atom is -0.598 e. The predicted molar refractivity (Wildman–Crippen MR) is 130 cm³/mol. The molecule has 0 aromatic heterocycles. The van der Waals surface area contributed by atoms with Crippen molar-refractivity contribution in [3.05, 3.63) is 35.9 Å². The molecular formula is C26H43NO3S. The summed E-state index contributed by atoms with van der Waals surface area (Å²) in [7, 11) is 0. The summed E-state index contributed by atoms with van der Waals surface area (Å²) in [6, 6.07) is 9.97. The van der Waals surface area contributed by atoms with Crippen molar-refractivity contribution in [2.75, 3.05) is 0 Å². The number of hydrogen-bond donors (Lipinski definition) is 1. The SMILES string of the molecule is C[C@@H](N[S+]([O-])C(C)(C)C)C1CCCCCCCCC(C)(C(=O)OCc2ccccc2)C1. The molecule has 1 aliphatic carbocycles. The number of carbonyl (C=O) groups is 1. The van der Waals surface area contributed by atoms with Gasteiger partial charge in [0.1, 0.15) is 11.4 Å². The van der Waals surface area contributed by atoms with E-state index in [2.05, 4.69) is 18.6 Å². The molecule has 176 valence electrons. The summed E-state index contributed by atoms with van der Waals surface area (Å²) in [5, 5.41) is 0. The average Bonchev–Trinajstić information content (AvgIpc) is 2.76. The maximum atomic E-state index is 13.3. The minimum atomic E-state index is -1.12. The lowest BCUT2D eigenvalue weighted by atomic mass is 9.74. The van der Waals surface area contributed by atoms with Crippen LogP contribution in [0.4, 0.5) is 0 Å². The molecule has 1 aromatic rings. The molecule has 4 atom stereocenters. The Balaban J connectivity index is 2.13. The van der Waals surface area contributed by atoms with Gasteiger partial charge in [0.2, 0.25) is 0 Å². The summed E-state index contributed by atoms with van der Waals surface area (Å²) in [6.07, 6.45) is 9.81. The summed E-state index contributed by atoms with van der Waals surface area (Å²) in [5.74, 6) is 0.198. The zero-order valence-corrected chi connectivity index (χ0v) is 21.1. The van der Waals surface area contributed by atoms with Crippen LogP contribution in [0.5, 0.6) is 0 Å². The van der Waals surface area contributed by atoms with E-state index in [4.69, 9.17) is 4.74 Å². The predicted octanol–water partition coefficient (Wildman–Crippen LogP) is 6.32. The van der Waals surface area contributed by atoms with Gasteiger partial charge >= 0.3 is 5.97 Å². The molecule has 1 aliphatic rings. The lowest BCUT2D eigenvalue weighted by molar-refractivity contribution is -0.158.